The molecule has 4 heteroatoms. The molecular weight excluding hydrogens is 318 g/mol. The molecule has 126 valence electrons. The van der Waals surface area contributed by atoms with Crippen molar-refractivity contribution < 1.29 is 9.53 Å². The molecule has 1 unspecified atom stereocenters. The highest BCUT2D eigenvalue weighted by Gasteiger charge is 2.34. The van der Waals surface area contributed by atoms with Gasteiger partial charge in [-0.1, -0.05) is 29.8 Å². The number of hydrogen-bond donors (Lipinski definition) is 1. The molecule has 0 fully saturated rings. The third-order valence-corrected chi connectivity index (χ3v) is 5.08. The van der Waals surface area contributed by atoms with Crippen LogP contribution in [-0.2, 0) is 0 Å². The van der Waals surface area contributed by atoms with E-state index in [0.29, 0.717) is 0 Å². The van der Waals surface area contributed by atoms with Crippen molar-refractivity contribution in [1.82, 2.24) is 5.32 Å². The van der Waals surface area contributed by atoms with E-state index in [0.717, 1.165) is 28.2 Å². The van der Waals surface area contributed by atoms with Crippen molar-refractivity contribution >= 4 is 17.7 Å². The number of carbonyl (C=O) groups excluding carboxylic acids is 1. The lowest BCUT2D eigenvalue weighted by molar-refractivity contribution is 0.0618. The number of amides is 1. The number of fused-ring (bicyclic) bond motifs is 1. The van der Waals surface area contributed by atoms with Gasteiger partial charge in [0.25, 0.3) is 5.91 Å². The third kappa shape index (κ3) is 3.44. The van der Waals surface area contributed by atoms with Crippen LogP contribution in [-0.4, -0.2) is 17.8 Å². The summed E-state index contributed by atoms with van der Waals surface area (Å²) in [5, 5.41) is 3.22. The second-order valence-corrected chi connectivity index (χ2v) is 7.68. The number of hydrogen-bond acceptors (Lipinski definition) is 3. The quantitative estimate of drug-likeness (QED) is 0.819. The van der Waals surface area contributed by atoms with E-state index in [1.54, 1.807) is 11.8 Å². The van der Waals surface area contributed by atoms with Crippen molar-refractivity contribution in [2.75, 3.05) is 6.26 Å². The first-order valence-corrected chi connectivity index (χ1v) is 9.35. The molecule has 1 aliphatic rings. The van der Waals surface area contributed by atoms with E-state index in [2.05, 4.69) is 32.2 Å². The topological polar surface area (TPSA) is 38.3 Å². The normalized spacial score (nSPS) is 18.4. The van der Waals surface area contributed by atoms with E-state index in [1.807, 2.05) is 42.7 Å². The molecule has 2 aromatic carbocycles. The zero-order valence-electron chi connectivity index (χ0n) is 14.6. The minimum atomic E-state index is -0.306. The molecular formula is C20H23NO2S. The molecule has 0 bridgehead atoms. The van der Waals surface area contributed by atoms with E-state index >= 15 is 0 Å². The molecule has 3 nitrogen and oxygen atoms in total. The summed E-state index contributed by atoms with van der Waals surface area (Å²) >= 11 is 1.59. The fourth-order valence-electron chi connectivity index (χ4n) is 3.17. The Bertz CT molecular complexity index is 770. The van der Waals surface area contributed by atoms with Gasteiger partial charge in [-0.3, -0.25) is 4.79 Å². The van der Waals surface area contributed by atoms with Crippen LogP contribution in [0.15, 0.2) is 47.4 Å². The van der Waals surface area contributed by atoms with Crippen LogP contribution in [0.25, 0.3) is 0 Å². The molecule has 24 heavy (non-hydrogen) atoms. The molecule has 2 aromatic rings. The summed E-state index contributed by atoms with van der Waals surface area (Å²) < 4.78 is 6.08. The predicted molar refractivity (Wildman–Crippen MR) is 98.9 cm³/mol. The molecule has 1 amide bonds. The molecule has 0 aliphatic carbocycles. The first-order chi connectivity index (χ1) is 11.4. The minimum absolute atomic E-state index is 0.0323. The van der Waals surface area contributed by atoms with Crippen LogP contribution in [0.1, 0.15) is 47.8 Å². The lowest BCUT2D eigenvalue weighted by Gasteiger charge is -2.38. The van der Waals surface area contributed by atoms with Gasteiger partial charge in [-0.25, -0.2) is 0 Å². The zero-order chi connectivity index (χ0) is 17.3. The van der Waals surface area contributed by atoms with Gasteiger partial charge >= 0.3 is 0 Å². The van der Waals surface area contributed by atoms with Gasteiger partial charge in [0.05, 0.1) is 11.6 Å². The third-order valence-electron chi connectivity index (χ3n) is 4.28. The lowest BCUT2D eigenvalue weighted by Crippen LogP contribution is -2.41. The molecule has 0 spiro atoms. The standard InChI is InChI=1S/C20H23NO2S/c1-13-9-10-17-15(11-13)16(12-20(2,3)23-17)21-19(22)14-7-5-6-8-18(14)24-4/h5-11,16H,12H2,1-4H3,(H,21,22). The summed E-state index contributed by atoms with van der Waals surface area (Å²) in [7, 11) is 0. The molecule has 1 aliphatic heterocycles. The van der Waals surface area contributed by atoms with Crippen molar-refractivity contribution in [3.63, 3.8) is 0 Å². The predicted octanol–water partition coefficient (Wildman–Crippen LogP) is 4.75. The van der Waals surface area contributed by atoms with Crippen molar-refractivity contribution in [3.8, 4) is 5.75 Å². The Labute approximate surface area is 147 Å². The van der Waals surface area contributed by atoms with Gasteiger partial charge in [0.15, 0.2) is 0 Å². The van der Waals surface area contributed by atoms with Gasteiger partial charge in [0, 0.05) is 16.9 Å². The summed E-state index contributed by atoms with van der Waals surface area (Å²) in [4.78, 5) is 13.8. The van der Waals surface area contributed by atoms with Crippen LogP contribution < -0.4 is 10.1 Å². The summed E-state index contributed by atoms with van der Waals surface area (Å²) in [6.07, 6.45) is 2.74. The Hall–Kier alpha value is -1.94. The van der Waals surface area contributed by atoms with E-state index in [9.17, 15) is 4.79 Å². The summed E-state index contributed by atoms with van der Waals surface area (Å²) in [6, 6.07) is 13.8. The molecule has 3 rings (SSSR count). The fraction of sp³-hybridized carbons (Fsp3) is 0.350. The first kappa shape index (κ1) is 16.9. The summed E-state index contributed by atoms with van der Waals surface area (Å²) in [5.41, 5.74) is 2.65. The largest absolute Gasteiger partial charge is 0.487 e. The molecule has 1 heterocycles. The van der Waals surface area contributed by atoms with Crippen LogP contribution in [0.4, 0.5) is 0 Å². The zero-order valence-corrected chi connectivity index (χ0v) is 15.4. The molecule has 0 aromatic heterocycles. The number of thioether (sulfide) groups is 1. The van der Waals surface area contributed by atoms with E-state index in [-0.39, 0.29) is 17.6 Å². The molecule has 1 N–H and O–H groups in total. The molecule has 0 saturated heterocycles. The Kier molecular flexibility index (Phi) is 4.59. The van der Waals surface area contributed by atoms with Gasteiger partial charge in [-0.2, -0.15) is 0 Å². The van der Waals surface area contributed by atoms with Crippen molar-refractivity contribution in [2.24, 2.45) is 0 Å². The Morgan fingerprint density at radius 3 is 2.75 bits per heavy atom. The maximum absolute atomic E-state index is 12.8. The van der Waals surface area contributed by atoms with Gasteiger partial charge in [-0.05, 0) is 45.2 Å². The smallest absolute Gasteiger partial charge is 0.252 e. The highest BCUT2D eigenvalue weighted by Crippen LogP contribution is 2.40. The van der Waals surface area contributed by atoms with E-state index < -0.39 is 0 Å². The summed E-state index contributed by atoms with van der Waals surface area (Å²) in [6.45, 7) is 6.18. The molecule has 1 atom stereocenters. The number of carbonyl (C=O) groups is 1. The van der Waals surface area contributed by atoms with Crippen LogP contribution in [0.2, 0.25) is 0 Å². The highest BCUT2D eigenvalue weighted by atomic mass is 32.2. The Morgan fingerprint density at radius 2 is 2.00 bits per heavy atom. The van der Waals surface area contributed by atoms with Crippen molar-refractivity contribution in [2.45, 2.75) is 43.7 Å². The van der Waals surface area contributed by atoms with Gasteiger partial charge < -0.3 is 10.1 Å². The van der Waals surface area contributed by atoms with Gasteiger partial charge in [-0.15, -0.1) is 11.8 Å². The minimum Gasteiger partial charge on any atom is -0.487 e. The highest BCUT2D eigenvalue weighted by molar-refractivity contribution is 7.98. The maximum atomic E-state index is 12.8. The SMILES string of the molecule is CSc1ccccc1C(=O)NC1CC(C)(C)Oc2ccc(C)cc21. The van der Waals surface area contributed by atoms with Crippen LogP contribution in [0.3, 0.4) is 0 Å². The van der Waals surface area contributed by atoms with Crippen LogP contribution >= 0.6 is 11.8 Å². The number of ether oxygens (including phenoxy) is 1. The van der Waals surface area contributed by atoms with E-state index in [1.165, 1.54) is 5.56 Å². The first-order valence-electron chi connectivity index (χ1n) is 8.13. The second kappa shape index (κ2) is 6.52. The fourth-order valence-corrected chi connectivity index (χ4v) is 3.77. The number of benzene rings is 2. The van der Waals surface area contributed by atoms with Crippen molar-refractivity contribution in [3.05, 3.63) is 59.2 Å². The van der Waals surface area contributed by atoms with Gasteiger partial charge in [0.2, 0.25) is 0 Å². The number of nitrogens with one attached hydrogen (secondary N) is 1. The van der Waals surface area contributed by atoms with E-state index in [4.69, 9.17) is 4.74 Å². The molecule has 0 radical (unpaired) electrons. The molecule has 0 saturated carbocycles. The number of aryl methyl sites for hydroxylation is 1. The monoisotopic (exact) mass is 341 g/mol. The van der Waals surface area contributed by atoms with Crippen LogP contribution in [0, 0.1) is 6.92 Å². The average molecular weight is 341 g/mol. The van der Waals surface area contributed by atoms with Crippen molar-refractivity contribution in [1.29, 1.82) is 0 Å². The van der Waals surface area contributed by atoms with Crippen LogP contribution in [0.5, 0.6) is 5.75 Å². The lowest BCUT2D eigenvalue weighted by atomic mass is 9.88. The summed E-state index contributed by atoms with van der Waals surface area (Å²) in [5.74, 6) is 0.829. The number of rotatable bonds is 3. The second-order valence-electron chi connectivity index (χ2n) is 6.83. The Balaban J connectivity index is 1.92. The average Bonchev–Trinajstić information content (AvgIpc) is 2.54. The maximum Gasteiger partial charge on any atom is 0.252 e. The Morgan fingerprint density at radius 1 is 1.25 bits per heavy atom. The van der Waals surface area contributed by atoms with Gasteiger partial charge in [0.1, 0.15) is 11.4 Å².